The van der Waals surface area contributed by atoms with Crippen molar-refractivity contribution in [3.63, 3.8) is 0 Å². The zero-order valence-electron chi connectivity index (χ0n) is 8.29. The van der Waals surface area contributed by atoms with Crippen LogP contribution in [0.25, 0.3) is 0 Å². The predicted molar refractivity (Wildman–Crippen MR) is 37.9 cm³/mol. The maximum absolute atomic E-state index is 12.9. The molecule has 1 fully saturated rings. The van der Waals surface area contributed by atoms with Gasteiger partial charge < -0.3 is 0 Å². The summed E-state index contributed by atoms with van der Waals surface area (Å²) in [6, 6.07) is -11.0. The van der Waals surface area contributed by atoms with Crippen LogP contribution in [0.1, 0.15) is 13.3 Å². The first-order valence-electron chi connectivity index (χ1n) is 4.39. The largest absolute Gasteiger partial charge is 0.439 e. The first-order valence-corrected chi connectivity index (χ1v) is 4.39. The zero-order chi connectivity index (χ0) is 13.7. The Morgan fingerprint density at radius 1 is 0.824 bits per heavy atom. The molecule has 0 bridgehead atoms. The Bertz CT molecular complexity index is 278. The summed E-state index contributed by atoms with van der Waals surface area (Å²) in [6.07, 6.45) is -11.8. The maximum atomic E-state index is 12.9. The number of alkyl halides is 8. The van der Waals surface area contributed by atoms with Crippen LogP contribution in [0.15, 0.2) is 0 Å². The van der Waals surface area contributed by atoms with E-state index in [4.69, 9.17) is 0 Å². The SMILES string of the molecule is CCCN1C(F)(F)C(F)(F)OC(F)(F)C1(F)F. The van der Waals surface area contributed by atoms with Crippen LogP contribution < -0.4 is 0 Å². The minimum Gasteiger partial charge on any atom is -0.243 e. The molecule has 1 aliphatic heterocycles. The van der Waals surface area contributed by atoms with Gasteiger partial charge in [0.05, 0.1) is 0 Å². The molecule has 0 radical (unpaired) electrons. The minimum absolute atomic E-state index is 0.447. The lowest BCUT2D eigenvalue weighted by molar-refractivity contribution is -0.562. The van der Waals surface area contributed by atoms with Gasteiger partial charge in [-0.05, 0) is 6.42 Å². The number of hydrogen-bond donors (Lipinski definition) is 0. The number of hydrogen-bond acceptors (Lipinski definition) is 2. The highest BCUT2D eigenvalue weighted by atomic mass is 19.4. The van der Waals surface area contributed by atoms with Gasteiger partial charge in [-0.25, -0.2) is 4.74 Å². The lowest BCUT2D eigenvalue weighted by atomic mass is 10.2. The van der Waals surface area contributed by atoms with Crippen LogP contribution in [0.3, 0.4) is 0 Å². The van der Waals surface area contributed by atoms with E-state index in [2.05, 4.69) is 4.74 Å². The second-order valence-corrected chi connectivity index (χ2v) is 3.37. The first kappa shape index (κ1) is 14.4. The van der Waals surface area contributed by atoms with Crippen molar-refractivity contribution in [3.8, 4) is 0 Å². The van der Waals surface area contributed by atoms with E-state index in [-0.39, 0.29) is 0 Å². The normalized spacial score (nSPS) is 30.2. The first-order chi connectivity index (χ1) is 7.40. The van der Waals surface area contributed by atoms with Gasteiger partial charge in [-0.3, -0.25) is 0 Å². The van der Waals surface area contributed by atoms with Crippen molar-refractivity contribution in [1.82, 2.24) is 4.90 Å². The minimum atomic E-state index is -5.70. The van der Waals surface area contributed by atoms with E-state index >= 15 is 0 Å². The third-order valence-corrected chi connectivity index (χ3v) is 2.08. The second-order valence-electron chi connectivity index (χ2n) is 3.37. The third-order valence-electron chi connectivity index (χ3n) is 2.08. The lowest BCUT2D eigenvalue weighted by Gasteiger charge is -2.47. The molecule has 2 nitrogen and oxygen atoms in total. The Balaban J connectivity index is 3.27. The summed E-state index contributed by atoms with van der Waals surface area (Å²) in [5.41, 5.74) is 0. The maximum Gasteiger partial charge on any atom is 0.439 e. The molecule has 0 saturated carbocycles. The standard InChI is InChI=1S/C7H7F8NO/c1-2-3-16-4(8,9)6(12,13)17-7(14,15)5(16,10)11/h2-3H2,1H3. The molecule has 0 aromatic rings. The van der Waals surface area contributed by atoms with Gasteiger partial charge in [-0.15, -0.1) is 0 Å². The van der Waals surface area contributed by atoms with E-state index in [9.17, 15) is 35.1 Å². The molecule has 102 valence electrons. The summed E-state index contributed by atoms with van der Waals surface area (Å²) in [7, 11) is 0. The van der Waals surface area contributed by atoms with E-state index in [1.165, 1.54) is 0 Å². The summed E-state index contributed by atoms with van der Waals surface area (Å²) in [4.78, 5) is -1.54. The fourth-order valence-corrected chi connectivity index (χ4v) is 1.28. The molecule has 0 spiro atoms. The van der Waals surface area contributed by atoms with Crippen molar-refractivity contribution in [2.24, 2.45) is 0 Å². The Hall–Kier alpha value is -0.640. The van der Waals surface area contributed by atoms with Gasteiger partial charge in [0, 0.05) is 6.54 Å². The van der Waals surface area contributed by atoms with Crippen LogP contribution in [0.2, 0.25) is 0 Å². The average molecular weight is 273 g/mol. The molecule has 1 rings (SSSR count). The summed E-state index contributed by atoms with van der Waals surface area (Å²) in [5, 5.41) is 0. The van der Waals surface area contributed by atoms with Gasteiger partial charge in [-0.2, -0.15) is 40.0 Å². The van der Waals surface area contributed by atoms with E-state index in [1.807, 2.05) is 0 Å². The van der Waals surface area contributed by atoms with Crippen LogP contribution in [-0.4, -0.2) is 35.8 Å². The van der Waals surface area contributed by atoms with Crippen LogP contribution in [0, 0.1) is 0 Å². The van der Waals surface area contributed by atoms with Crippen molar-refractivity contribution in [2.45, 2.75) is 37.7 Å². The molecular weight excluding hydrogens is 266 g/mol. The molecule has 0 unspecified atom stereocenters. The number of ether oxygens (including phenoxy) is 1. The highest BCUT2D eigenvalue weighted by molar-refractivity contribution is 4.93. The van der Waals surface area contributed by atoms with Gasteiger partial charge >= 0.3 is 24.3 Å². The van der Waals surface area contributed by atoms with E-state index < -0.39 is 42.2 Å². The average Bonchev–Trinajstić information content (AvgIpc) is 2.09. The summed E-state index contributed by atoms with van der Waals surface area (Å²) in [6.45, 7) is -0.244. The molecule has 10 heteroatoms. The Kier molecular flexibility index (Phi) is 3.12. The molecule has 0 atom stereocenters. The lowest BCUT2D eigenvalue weighted by Crippen LogP contribution is -2.73. The van der Waals surface area contributed by atoms with Crippen molar-refractivity contribution in [1.29, 1.82) is 0 Å². The highest BCUT2D eigenvalue weighted by Crippen LogP contribution is 2.55. The van der Waals surface area contributed by atoms with Crippen LogP contribution in [0.4, 0.5) is 35.1 Å². The molecule has 0 amide bonds. The monoisotopic (exact) mass is 273 g/mol. The van der Waals surface area contributed by atoms with Gasteiger partial charge in [0.2, 0.25) is 0 Å². The van der Waals surface area contributed by atoms with Gasteiger partial charge in [0.1, 0.15) is 0 Å². The fourth-order valence-electron chi connectivity index (χ4n) is 1.28. The summed E-state index contributed by atoms with van der Waals surface area (Å²) < 4.78 is 104. The molecule has 0 N–H and O–H groups in total. The van der Waals surface area contributed by atoms with E-state index in [0.29, 0.717) is 0 Å². The summed E-state index contributed by atoms with van der Waals surface area (Å²) >= 11 is 0. The van der Waals surface area contributed by atoms with E-state index in [1.54, 1.807) is 0 Å². The fraction of sp³-hybridized carbons (Fsp3) is 1.00. The molecular formula is C7H7F8NO. The topological polar surface area (TPSA) is 12.5 Å². The number of morpholine rings is 1. The third kappa shape index (κ3) is 1.86. The van der Waals surface area contributed by atoms with E-state index in [0.717, 1.165) is 6.92 Å². The van der Waals surface area contributed by atoms with Crippen molar-refractivity contribution in [2.75, 3.05) is 6.54 Å². The number of halogens is 8. The van der Waals surface area contributed by atoms with Crippen molar-refractivity contribution < 1.29 is 39.9 Å². The molecule has 0 aromatic carbocycles. The molecule has 1 saturated heterocycles. The second kappa shape index (κ2) is 3.67. The smallest absolute Gasteiger partial charge is 0.243 e. The molecule has 17 heavy (non-hydrogen) atoms. The molecule has 0 aliphatic carbocycles. The predicted octanol–water partition coefficient (Wildman–Crippen LogP) is 3.10. The summed E-state index contributed by atoms with van der Waals surface area (Å²) in [5.74, 6) is 0. The van der Waals surface area contributed by atoms with Gasteiger partial charge in [-0.1, -0.05) is 6.92 Å². The van der Waals surface area contributed by atoms with Crippen molar-refractivity contribution in [3.05, 3.63) is 0 Å². The van der Waals surface area contributed by atoms with Crippen LogP contribution >= 0.6 is 0 Å². The van der Waals surface area contributed by atoms with Crippen molar-refractivity contribution >= 4 is 0 Å². The molecule has 0 aromatic heterocycles. The van der Waals surface area contributed by atoms with Crippen LogP contribution in [0.5, 0.6) is 0 Å². The molecule has 1 heterocycles. The van der Waals surface area contributed by atoms with Gasteiger partial charge in [0.15, 0.2) is 0 Å². The zero-order valence-corrected chi connectivity index (χ0v) is 8.29. The Morgan fingerprint density at radius 3 is 1.47 bits per heavy atom. The highest BCUT2D eigenvalue weighted by Gasteiger charge is 2.82. The Labute approximate surface area is 90.1 Å². The Morgan fingerprint density at radius 2 is 1.18 bits per heavy atom. The van der Waals surface area contributed by atoms with Gasteiger partial charge in [0.25, 0.3) is 0 Å². The number of rotatable bonds is 2. The number of nitrogens with zero attached hydrogens (tertiary/aromatic N) is 1. The quantitative estimate of drug-likeness (QED) is 0.566. The van der Waals surface area contributed by atoms with Crippen LogP contribution in [-0.2, 0) is 4.74 Å². The molecule has 1 aliphatic rings.